The summed E-state index contributed by atoms with van der Waals surface area (Å²) >= 11 is 0. The summed E-state index contributed by atoms with van der Waals surface area (Å²) in [6.45, 7) is 1.97. The second-order valence-electron chi connectivity index (χ2n) is 2.08. The van der Waals surface area contributed by atoms with Crippen LogP contribution in [0.2, 0.25) is 0 Å². The molecular weight excluding hydrogens is 122 g/mol. The van der Waals surface area contributed by atoms with Crippen molar-refractivity contribution in [2.75, 3.05) is 5.73 Å². The van der Waals surface area contributed by atoms with Gasteiger partial charge in [0.05, 0.1) is 0 Å². The Labute approximate surface area is 61.2 Å². The van der Waals surface area contributed by atoms with Crippen LogP contribution < -0.4 is 5.73 Å². The summed E-state index contributed by atoms with van der Waals surface area (Å²) in [5.41, 5.74) is 7.35. The van der Waals surface area contributed by atoms with Crippen LogP contribution in [0.3, 0.4) is 0 Å². The van der Waals surface area contributed by atoms with Crippen LogP contribution in [-0.2, 0) is 0 Å². The summed E-state index contributed by atoms with van der Waals surface area (Å²) in [6, 6.07) is 8.58. The smallest absolute Gasteiger partial charge is 0.0320 e. The van der Waals surface area contributed by atoms with E-state index < -0.39 is 0 Å². The van der Waals surface area contributed by atoms with Crippen LogP contribution in [0.4, 0.5) is 5.69 Å². The normalized spacial score (nSPS) is 10.5. The lowest BCUT2D eigenvalue weighted by Gasteiger charge is -1.92. The van der Waals surface area contributed by atoms with Gasteiger partial charge in [-0.2, -0.15) is 0 Å². The SMILES string of the molecule is CC=Cc1[c]ccc(N)c1. The van der Waals surface area contributed by atoms with E-state index >= 15 is 0 Å². The van der Waals surface area contributed by atoms with Crippen LogP contribution in [0.15, 0.2) is 24.3 Å². The minimum absolute atomic E-state index is 0.784. The van der Waals surface area contributed by atoms with E-state index in [2.05, 4.69) is 6.07 Å². The van der Waals surface area contributed by atoms with Gasteiger partial charge in [-0.3, -0.25) is 0 Å². The molecule has 0 amide bonds. The second-order valence-corrected chi connectivity index (χ2v) is 2.08. The van der Waals surface area contributed by atoms with E-state index in [0.717, 1.165) is 11.3 Å². The first-order valence-electron chi connectivity index (χ1n) is 3.23. The summed E-state index contributed by atoms with van der Waals surface area (Å²) in [4.78, 5) is 0. The molecule has 2 N–H and O–H groups in total. The molecule has 0 aliphatic carbocycles. The molecule has 1 radical (unpaired) electrons. The van der Waals surface area contributed by atoms with Gasteiger partial charge in [-0.1, -0.05) is 18.2 Å². The molecule has 0 bridgehead atoms. The Morgan fingerprint density at radius 2 is 2.40 bits per heavy atom. The summed E-state index contributed by atoms with van der Waals surface area (Å²) in [7, 11) is 0. The molecular formula is C9H10N. The van der Waals surface area contributed by atoms with Crippen molar-refractivity contribution in [2.24, 2.45) is 0 Å². The molecule has 0 fully saturated rings. The largest absolute Gasteiger partial charge is 0.399 e. The zero-order valence-corrected chi connectivity index (χ0v) is 5.96. The number of rotatable bonds is 1. The average Bonchev–Trinajstić information content (AvgIpc) is 1.88. The molecule has 0 saturated heterocycles. The Morgan fingerprint density at radius 1 is 1.60 bits per heavy atom. The van der Waals surface area contributed by atoms with Gasteiger partial charge < -0.3 is 5.73 Å². The van der Waals surface area contributed by atoms with E-state index in [1.165, 1.54) is 0 Å². The molecule has 0 unspecified atom stereocenters. The molecule has 0 saturated carbocycles. The quantitative estimate of drug-likeness (QED) is 0.582. The van der Waals surface area contributed by atoms with Gasteiger partial charge in [0.25, 0.3) is 0 Å². The molecule has 10 heavy (non-hydrogen) atoms. The monoisotopic (exact) mass is 132 g/mol. The standard InChI is InChI=1S/C9H10N/c1-2-4-8-5-3-6-9(10)7-8/h2-4,6-7H,10H2,1H3. The van der Waals surface area contributed by atoms with Crippen LogP contribution in [-0.4, -0.2) is 0 Å². The van der Waals surface area contributed by atoms with Crippen molar-refractivity contribution >= 4 is 11.8 Å². The number of hydrogen-bond donors (Lipinski definition) is 1. The van der Waals surface area contributed by atoms with Crippen LogP contribution >= 0.6 is 0 Å². The molecule has 51 valence electrons. The predicted molar refractivity (Wildman–Crippen MR) is 44.4 cm³/mol. The van der Waals surface area contributed by atoms with Crippen LogP contribution in [0, 0.1) is 6.07 Å². The van der Waals surface area contributed by atoms with Crippen molar-refractivity contribution < 1.29 is 0 Å². The van der Waals surface area contributed by atoms with E-state index in [9.17, 15) is 0 Å². The third-order valence-electron chi connectivity index (χ3n) is 1.19. The van der Waals surface area contributed by atoms with E-state index in [0.29, 0.717) is 0 Å². The first-order chi connectivity index (χ1) is 4.83. The lowest BCUT2D eigenvalue weighted by atomic mass is 10.2. The first kappa shape index (κ1) is 6.87. The number of anilines is 1. The van der Waals surface area contributed by atoms with Crippen LogP contribution in [0.1, 0.15) is 12.5 Å². The molecule has 1 aromatic rings. The van der Waals surface area contributed by atoms with E-state index in [1.807, 2.05) is 37.3 Å². The number of benzene rings is 1. The van der Waals surface area contributed by atoms with Gasteiger partial charge >= 0.3 is 0 Å². The maximum Gasteiger partial charge on any atom is 0.0320 e. The predicted octanol–water partition coefficient (Wildman–Crippen LogP) is 2.10. The fourth-order valence-corrected chi connectivity index (χ4v) is 0.779. The highest BCUT2D eigenvalue weighted by Gasteiger charge is 1.85. The summed E-state index contributed by atoms with van der Waals surface area (Å²) < 4.78 is 0. The van der Waals surface area contributed by atoms with Gasteiger partial charge in [-0.25, -0.2) is 0 Å². The second kappa shape index (κ2) is 3.06. The Bertz CT molecular complexity index is 238. The molecule has 1 heteroatoms. The fraction of sp³-hybridized carbons (Fsp3) is 0.111. The number of nitrogens with two attached hydrogens (primary N) is 1. The average molecular weight is 132 g/mol. The van der Waals surface area contributed by atoms with Gasteiger partial charge in [0.1, 0.15) is 0 Å². The number of allylic oxidation sites excluding steroid dienone is 1. The molecule has 1 aromatic carbocycles. The van der Waals surface area contributed by atoms with Gasteiger partial charge in [-0.05, 0) is 30.7 Å². The lowest BCUT2D eigenvalue weighted by molar-refractivity contribution is 1.62. The van der Waals surface area contributed by atoms with Crippen molar-refractivity contribution in [1.82, 2.24) is 0 Å². The summed E-state index contributed by atoms with van der Waals surface area (Å²) in [5.74, 6) is 0. The molecule has 0 aromatic heterocycles. The molecule has 1 nitrogen and oxygen atoms in total. The van der Waals surface area contributed by atoms with Crippen molar-refractivity contribution in [1.29, 1.82) is 0 Å². The number of hydrogen-bond acceptors (Lipinski definition) is 1. The maximum atomic E-state index is 5.53. The van der Waals surface area contributed by atoms with Gasteiger partial charge in [0, 0.05) is 5.69 Å². The van der Waals surface area contributed by atoms with Crippen molar-refractivity contribution in [3.63, 3.8) is 0 Å². The van der Waals surface area contributed by atoms with E-state index in [1.54, 1.807) is 0 Å². The topological polar surface area (TPSA) is 26.0 Å². The Balaban J connectivity index is 2.95. The molecule has 0 atom stereocenters. The Morgan fingerprint density at radius 3 is 3.00 bits per heavy atom. The van der Waals surface area contributed by atoms with Crippen LogP contribution in [0.5, 0.6) is 0 Å². The Kier molecular flexibility index (Phi) is 2.11. The molecule has 0 heterocycles. The fourth-order valence-electron chi connectivity index (χ4n) is 0.779. The van der Waals surface area contributed by atoms with Gasteiger partial charge in [0.15, 0.2) is 0 Å². The lowest BCUT2D eigenvalue weighted by Crippen LogP contribution is -1.83. The Hall–Kier alpha value is -1.24. The van der Waals surface area contributed by atoms with Crippen molar-refractivity contribution in [3.8, 4) is 0 Å². The third kappa shape index (κ3) is 1.62. The van der Waals surface area contributed by atoms with Crippen molar-refractivity contribution in [3.05, 3.63) is 35.9 Å². The zero-order valence-electron chi connectivity index (χ0n) is 5.96. The first-order valence-corrected chi connectivity index (χ1v) is 3.23. The van der Waals surface area contributed by atoms with E-state index in [4.69, 9.17) is 5.73 Å². The van der Waals surface area contributed by atoms with Gasteiger partial charge in [-0.15, -0.1) is 0 Å². The minimum Gasteiger partial charge on any atom is -0.399 e. The van der Waals surface area contributed by atoms with E-state index in [-0.39, 0.29) is 0 Å². The molecule has 1 rings (SSSR count). The summed E-state index contributed by atoms with van der Waals surface area (Å²) in [6.07, 6.45) is 3.93. The highest BCUT2D eigenvalue weighted by atomic mass is 14.5. The molecule has 0 aliphatic heterocycles. The summed E-state index contributed by atoms with van der Waals surface area (Å²) in [5, 5.41) is 0. The third-order valence-corrected chi connectivity index (χ3v) is 1.19. The van der Waals surface area contributed by atoms with Crippen molar-refractivity contribution in [2.45, 2.75) is 6.92 Å². The van der Waals surface area contributed by atoms with Gasteiger partial charge in [0.2, 0.25) is 0 Å². The highest BCUT2D eigenvalue weighted by Crippen LogP contribution is 2.06. The van der Waals surface area contributed by atoms with Crippen LogP contribution in [0.25, 0.3) is 6.08 Å². The minimum atomic E-state index is 0.784. The number of nitrogen functional groups attached to an aromatic ring is 1. The molecule has 0 spiro atoms. The molecule has 0 aliphatic rings. The zero-order chi connectivity index (χ0) is 7.40. The maximum absolute atomic E-state index is 5.53. The highest BCUT2D eigenvalue weighted by molar-refractivity contribution is 5.54.